The summed E-state index contributed by atoms with van der Waals surface area (Å²) in [5, 5.41) is 5.03. The van der Waals surface area contributed by atoms with Crippen molar-refractivity contribution in [1.29, 1.82) is 0 Å². The molecular weight excluding hydrogens is 417 g/mol. The number of hydrogen-bond donors (Lipinski definition) is 2. The second-order valence-electron chi connectivity index (χ2n) is 7.27. The Balaban J connectivity index is 1.33. The number of carbonyl (C=O) groups excluding carboxylic acids is 4. The van der Waals surface area contributed by atoms with Crippen LogP contribution in [0.5, 0.6) is 0 Å². The number of nitrogens with zero attached hydrogens (tertiary/aromatic N) is 1. The van der Waals surface area contributed by atoms with Crippen LogP contribution in [-0.4, -0.2) is 49.9 Å². The Kier molecular flexibility index (Phi) is 7.91. The minimum atomic E-state index is -0.744. The van der Waals surface area contributed by atoms with Gasteiger partial charge in [-0.1, -0.05) is 12.1 Å². The normalized spacial score (nSPS) is 13.0. The van der Waals surface area contributed by atoms with Gasteiger partial charge in [0.1, 0.15) is 12.4 Å². The van der Waals surface area contributed by atoms with Gasteiger partial charge in [-0.25, -0.2) is 4.39 Å². The van der Waals surface area contributed by atoms with Crippen LogP contribution in [-0.2, 0) is 25.5 Å². The minimum Gasteiger partial charge on any atom is -0.454 e. The Hall–Kier alpha value is -3.75. The predicted octanol–water partition coefficient (Wildman–Crippen LogP) is 1.58. The molecule has 3 amide bonds. The summed E-state index contributed by atoms with van der Waals surface area (Å²) in [6.07, 6.45) is 1.85. The smallest absolute Gasteiger partial charge is 0.325 e. The molecule has 0 unspecified atom stereocenters. The van der Waals surface area contributed by atoms with Crippen LogP contribution in [0.25, 0.3) is 0 Å². The number of hydrogen-bond acceptors (Lipinski definition) is 5. The van der Waals surface area contributed by atoms with Crippen molar-refractivity contribution in [1.82, 2.24) is 10.6 Å². The van der Waals surface area contributed by atoms with Crippen molar-refractivity contribution in [3.05, 3.63) is 65.5 Å². The highest BCUT2D eigenvalue weighted by atomic mass is 19.1. The lowest BCUT2D eigenvalue weighted by molar-refractivity contribution is -0.147. The molecule has 0 saturated carbocycles. The van der Waals surface area contributed by atoms with Crippen LogP contribution in [0, 0.1) is 5.82 Å². The second kappa shape index (κ2) is 11.0. The van der Waals surface area contributed by atoms with Gasteiger partial charge >= 0.3 is 5.97 Å². The van der Waals surface area contributed by atoms with Crippen molar-refractivity contribution in [2.24, 2.45) is 0 Å². The molecule has 9 heteroatoms. The fourth-order valence-corrected chi connectivity index (χ4v) is 3.21. The number of esters is 1. The fraction of sp³-hybridized carbons (Fsp3) is 0.304. The molecule has 1 aliphatic heterocycles. The third-order valence-electron chi connectivity index (χ3n) is 4.92. The van der Waals surface area contributed by atoms with Crippen LogP contribution in [0.1, 0.15) is 28.8 Å². The summed E-state index contributed by atoms with van der Waals surface area (Å²) in [5.41, 5.74) is 1.94. The van der Waals surface area contributed by atoms with Crippen LogP contribution >= 0.6 is 0 Å². The first-order valence-electron chi connectivity index (χ1n) is 10.3. The van der Waals surface area contributed by atoms with Crippen LogP contribution in [0.15, 0.2) is 48.5 Å². The number of amides is 3. The van der Waals surface area contributed by atoms with Gasteiger partial charge in [-0.3, -0.25) is 19.2 Å². The van der Waals surface area contributed by atoms with Crippen molar-refractivity contribution in [2.75, 3.05) is 31.1 Å². The average Bonchev–Trinajstić information content (AvgIpc) is 3.23. The van der Waals surface area contributed by atoms with Crippen LogP contribution in [0.4, 0.5) is 10.1 Å². The predicted molar refractivity (Wildman–Crippen MR) is 114 cm³/mol. The van der Waals surface area contributed by atoms with E-state index in [-0.39, 0.29) is 18.3 Å². The molecule has 0 radical (unpaired) electrons. The summed E-state index contributed by atoms with van der Waals surface area (Å²) in [6, 6.07) is 12.5. The minimum absolute atomic E-state index is 0.0597. The van der Waals surface area contributed by atoms with Gasteiger partial charge in [-0.2, -0.15) is 0 Å². The van der Waals surface area contributed by atoms with E-state index in [1.807, 2.05) is 0 Å². The molecule has 0 atom stereocenters. The van der Waals surface area contributed by atoms with E-state index >= 15 is 0 Å². The van der Waals surface area contributed by atoms with Crippen molar-refractivity contribution in [2.45, 2.75) is 19.3 Å². The van der Waals surface area contributed by atoms with E-state index in [2.05, 4.69) is 10.6 Å². The number of benzene rings is 2. The van der Waals surface area contributed by atoms with E-state index in [0.717, 1.165) is 17.7 Å². The fourth-order valence-electron chi connectivity index (χ4n) is 3.21. The van der Waals surface area contributed by atoms with Crippen LogP contribution in [0.3, 0.4) is 0 Å². The summed E-state index contributed by atoms with van der Waals surface area (Å²) in [5.74, 6) is -1.95. The van der Waals surface area contributed by atoms with Gasteiger partial charge in [-0.05, 0) is 54.8 Å². The topological polar surface area (TPSA) is 105 Å². The van der Waals surface area contributed by atoms with Gasteiger partial charge in [0.2, 0.25) is 5.91 Å². The number of carbonyl (C=O) groups is 4. The molecule has 1 fully saturated rings. The summed E-state index contributed by atoms with van der Waals surface area (Å²) >= 11 is 0. The zero-order valence-electron chi connectivity index (χ0n) is 17.4. The summed E-state index contributed by atoms with van der Waals surface area (Å²) in [4.78, 5) is 49.1. The molecule has 1 saturated heterocycles. The highest BCUT2D eigenvalue weighted by Crippen LogP contribution is 2.21. The zero-order chi connectivity index (χ0) is 22.9. The summed E-state index contributed by atoms with van der Waals surface area (Å²) in [6.45, 7) is 0.137. The molecule has 3 rings (SSSR count). The molecule has 8 nitrogen and oxygen atoms in total. The Labute approximate surface area is 184 Å². The van der Waals surface area contributed by atoms with Gasteiger partial charge in [-0.15, -0.1) is 0 Å². The van der Waals surface area contributed by atoms with Crippen LogP contribution in [0.2, 0.25) is 0 Å². The molecule has 2 N–H and O–H groups in total. The molecule has 2 aromatic rings. The Morgan fingerprint density at radius 1 is 1.00 bits per heavy atom. The SMILES string of the molecule is O=C(COC(=O)CNC(=O)c1ccc(N2CCCC2=O)cc1)NCCc1ccc(F)cc1. The highest BCUT2D eigenvalue weighted by molar-refractivity contribution is 5.98. The molecule has 1 heterocycles. The molecule has 0 aromatic heterocycles. The van der Waals surface area contributed by atoms with E-state index in [0.29, 0.717) is 31.5 Å². The largest absolute Gasteiger partial charge is 0.454 e. The van der Waals surface area contributed by atoms with Gasteiger partial charge < -0.3 is 20.3 Å². The number of rotatable bonds is 9. The van der Waals surface area contributed by atoms with Gasteiger partial charge in [0.15, 0.2) is 6.61 Å². The molecule has 0 bridgehead atoms. The zero-order valence-corrected chi connectivity index (χ0v) is 17.4. The van der Waals surface area contributed by atoms with E-state index in [1.54, 1.807) is 41.3 Å². The average molecular weight is 441 g/mol. The van der Waals surface area contributed by atoms with Crippen molar-refractivity contribution >= 4 is 29.4 Å². The quantitative estimate of drug-likeness (QED) is 0.575. The maximum Gasteiger partial charge on any atom is 0.325 e. The van der Waals surface area contributed by atoms with E-state index < -0.39 is 24.4 Å². The van der Waals surface area contributed by atoms with Gasteiger partial charge in [0.25, 0.3) is 11.8 Å². The number of nitrogens with one attached hydrogen (secondary N) is 2. The Morgan fingerprint density at radius 2 is 1.72 bits per heavy atom. The molecule has 32 heavy (non-hydrogen) atoms. The van der Waals surface area contributed by atoms with Crippen molar-refractivity contribution in [3.8, 4) is 0 Å². The van der Waals surface area contributed by atoms with E-state index in [4.69, 9.17) is 4.74 Å². The molecule has 1 aliphatic rings. The third-order valence-corrected chi connectivity index (χ3v) is 4.92. The first-order valence-corrected chi connectivity index (χ1v) is 10.3. The number of halogens is 1. The van der Waals surface area contributed by atoms with Gasteiger partial charge in [0.05, 0.1) is 0 Å². The molecule has 0 aliphatic carbocycles. The first-order chi connectivity index (χ1) is 15.4. The number of ether oxygens (including phenoxy) is 1. The van der Waals surface area contributed by atoms with Crippen molar-refractivity contribution < 1.29 is 28.3 Å². The monoisotopic (exact) mass is 441 g/mol. The summed E-state index contributed by atoms with van der Waals surface area (Å²) in [7, 11) is 0. The summed E-state index contributed by atoms with van der Waals surface area (Å²) < 4.78 is 17.7. The number of anilines is 1. The van der Waals surface area contributed by atoms with Crippen LogP contribution < -0.4 is 15.5 Å². The highest BCUT2D eigenvalue weighted by Gasteiger charge is 2.21. The second-order valence-corrected chi connectivity index (χ2v) is 7.27. The molecule has 2 aromatic carbocycles. The Bertz CT molecular complexity index is 976. The standard InChI is InChI=1S/C23H24FN3O5/c24-18-7-3-16(4-8-18)11-12-25-20(28)15-32-22(30)14-26-23(31)17-5-9-19(10-6-17)27-13-1-2-21(27)29/h3-10H,1-2,11-15H2,(H,25,28)(H,26,31). The maximum absolute atomic E-state index is 12.9. The van der Waals surface area contributed by atoms with Crippen molar-refractivity contribution in [3.63, 3.8) is 0 Å². The Morgan fingerprint density at radius 3 is 2.38 bits per heavy atom. The molecular formula is C23H24FN3O5. The molecule has 168 valence electrons. The molecule has 0 spiro atoms. The van der Waals surface area contributed by atoms with E-state index in [1.165, 1.54) is 12.1 Å². The van der Waals surface area contributed by atoms with Gasteiger partial charge in [0, 0.05) is 30.8 Å². The first kappa shape index (κ1) is 22.9. The third kappa shape index (κ3) is 6.63. The lowest BCUT2D eigenvalue weighted by atomic mass is 10.1. The maximum atomic E-state index is 12.9. The lowest BCUT2D eigenvalue weighted by Crippen LogP contribution is -2.34. The van der Waals surface area contributed by atoms with E-state index in [9.17, 15) is 23.6 Å². The lowest BCUT2D eigenvalue weighted by Gasteiger charge is -2.15.